The van der Waals surface area contributed by atoms with Crippen LogP contribution < -0.4 is 0 Å². The second-order valence-corrected chi connectivity index (χ2v) is 3.17. The smallest absolute Gasteiger partial charge is 0.162 e. The van der Waals surface area contributed by atoms with Gasteiger partial charge in [-0.2, -0.15) is 0 Å². The van der Waals surface area contributed by atoms with Crippen molar-refractivity contribution in [3.63, 3.8) is 0 Å². The quantitative estimate of drug-likeness (QED) is 0.629. The summed E-state index contributed by atoms with van der Waals surface area (Å²) in [6.45, 7) is 1.53. The molecule has 0 saturated heterocycles. The van der Waals surface area contributed by atoms with E-state index < -0.39 is 0 Å². The lowest BCUT2D eigenvalue weighted by molar-refractivity contribution is 0.101. The van der Waals surface area contributed by atoms with Crippen molar-refractivity contribution in [2.45, 2.75) is 6.92 Å². The molecule has 3 nitrogen and oxygen atoms in total. The lowest BCUT2D eigenvalue weighted by Crippen LogP contribution is -1.98. The third-order valence-corrected chi connectivity index (χ3v) is 2.09. The average Bonchev–Trinajstić information content (AvgIpc) is 2.30. The molecule has 82 valence electrons. The Morgan fingerprint density at radius 1 is 1.06 bits per heavy atom. The number of hydrogen-bond acceptors (Lipinski definition) is 3. The first kappa shape index (κ1) is 12.8. The Morgan fingerprint density at radius 2 is 1.81 bits per heavy atom. The number of halogens is 1. The molecule has 0 fully saturated rings. The molecule has 0 radical (unpaired) electrons. The first-order valence-electron chi connectivity index (χ1n) is 4.66. The van der Waals surface area contributed by atoms with Gasteiger partial charge < -0.3 is 0 Å². The molecular weight excluding hydrogens is 315 g/mol. The minimum absolute atomic E-state index is 0. The number of rotatable bonds is 2. The number of pyridine rings is 2. The predicted molar refractivity (Wildman–Crippen MR) is 72.9 cm³/mol. The number of aromatic nitrogens is 2. The lowest BCUT2D eigenvalue weighted by Gasteiger charge is -2.03. The van der Waals surface area contributed by atoms with Crippen LogP contribution in [0.25, 0.3) is 11.4 Å². The Morgan fingerprint density at radius 3 is 2.44 bits per heavy atom. The predicted octanol–water partition coefficient (Wildman–Crippen LogP) is 2.96. The van der Waals surface area contributed by atoms with Gasteiger partial charge in [-0.25, -0.2) is 0 Å². The van der Waals surface area contributed by atoms with Gasteiger partial charge in [0.1, 0.15) is 0 Å². The van der Waals surface area contributed by atoms with Crippen LogP contribution in [0, 0.1) is 0 Å². The zero-order valence-corrected chi connectivity index (χ0v) is 11.1. The average molecular weight is 326 g/mol. The molecule has 0 N–H and O–H groups in total. The Balaban J connectivity index is 0.00000128. The van der Waals surface area contributed by atoms with Crippen LogP contribution in [0.1, 0.15) is 17.3 Å². The van der Waals surface area contributed by atoms with Crippen molar-refractivity contribution < 1.29 is 4.79 Å². The fraction of sp³-hybridized carbons (Fsp3) is 0.0833. The van der Waals surface area contributed by atoms with E-state index in [1.54, 1.807) is 24.5 Å². The third-order valence-electron chi connectivity index (χ3n) is 2.09. The molecule has 4 heteroatoms. The highest BCUT2D eigenvalue weighted by Crippen LogP contribution is 2.18. The summed E-state index contributed by atoms with van der Waals surface area (Å²) in [5.41, 5.74) is 1.98. The van der Waals surface area contributed by atoms with Crippen LogP contribution in [0.2, 0.25) is 0 Å². The van der Waals surface area contributed by atoms with Gasteiger partial charge in [0.2, 0.25) is 0 Å². The van der Waals surface area contributed by atoms with Crippen LogP contribution in [0.15, 0.2) is 42.7 Å². The molecule has 0 aliphatic carbocycles. The monoisotopic (exact) mass is 326 g/mol. The maximum absolute atomic E-state index is 11.4. The molecule has 0 aliphatic heterocycles. The van der Waals surface area contributed by atoms with E-state index in [4.69, 9.17) is 0 Å². The van der Waals surface area contributed by atoms with Gasteiger partial charge in [0.15, 0.2) is 5.78 Å². The first-order valence-corrected chi connectivity index (χ1v) is 4.66. The fourth-order valence-corrected chi connectivity index (χ4v) is 1.40. The van der Waals surface area contributed by atoms with Crippen molar-refractivity contribution in [2.24, 2.45) is 0 Å². The van der Waals surface area contributed by atoms with Crippen LogP contribution in [0.5, 0.6) is 0 Å². The van der Waals surface area contributed by atoms with Crippen LogP contribution >= 0.6 is 24.0 Å². The van der Waals surface area contributed by atoms with Gasteiger partial charge in [-0.3, -0.25) is 14.8 Å². The van der Waals surface area contributed by atoms with Crippen LogP contribution in [0.4, 0.5) is 0 Å². The number of carbonyl (C=O) groups excluding carboxylic acids is 1. The minimum atomic E-state index is 0. The highest BCUT2D eigenvalue weighted by molar-refractivity contribution is 14.0. The zero-order valence-electron chi connectivity index (χ0n) is 8.75. The highest BCUT2D eigenvalue weighted by atomic mass is 127. The molecule has 0 unspecified atom stereocenters. The zero-order chi connectivity index (χ0) is 10.7. The molecular formula is C12H11IN2O. The van der Waals surface area contributed by atoms with Crippen LogP contribution in [-0.4, -0.2) is 15.8 Å². The fourth-order valence-electron chi connectivity index (χ4n) is 1.40. The molecule has 2 aromatic rings. The van der Waals surface area contributed by atoms with Crippen molar-refractivity contribution in [1.29, 1.82) is 0 Å². The van der Waals surface area contributed by atoms with E-state index >= 15 is 0 Å². The molecule has 2 heterocycles. The number of carbonyl (C=O) groups is 1. The van der Waals surface area contributed by atoms with Gasteiger partial charge in [0, 0.05) is 18.0 Å². The van der Waals surface area contributed by atoms with Crippen molar-refractivity contribution in [3.05, 3.63) is 48.3 Å². The standard InChI is InChI=1S/C12H10N2O.HI/c1-9(15)10-5-4-8-14-12(10)11-6-2-3-7-13-11;/h2-8H,1H3;1H. The van der Waals surface area contributed by atoms with E-state index in [0.717, 1.165) is 5.69 Å². The second kappa shape index (κ2) is 5.69. The van der Waals surface area contributed by atoms with Gasteiger partial charge >= 0.3 is 0 Å². The number of nitrogens with zero attached hydrogens (tertiary/aromatic N) is 2. The molecule has 16 heavy (non-hydrogen) atoms. The molecule has 2 rings (SSSR count). The number of Topliss-reactive ketones (excluding diaryl/α,β-unsaturated/α-hetero) is 1. The molecule has 0 spiro atoms. The number of hydrogen-bond donors (Lipinski definition) is 0. The summed E-state index contributed by atoms with van der Waals surface area (Å²) < 4.78 is 0. The van der Waals surface area contributed by atoms with Crippen LogP contribution in [0.3, 0.4) is 0 Å². The summed E-state index contributed by atoms with van der Waals surface area (Å²) in [5.74, 6) is 0.00348. The lowest BCUT2D eigenvalue weighted by atomic mass is 10.1. The van der Waals surface area contributed by atoms with E-state index in [1.807, 2.05) is 18.2 Å². The number of ketones is 1. The normalized spacial score (nSPS) is 9.31. The Labute approximate surface area is 111 Å². The van der Waals surface area contributed by atoms with Crippen molar-refractivity contribution >= 4 is 29.8 Å². The summed E-state index contributed by atoms with van der Waals surface area (Å²) >= 11 is 0. The summed E-state index contributed by atoms with van der Waals surface area (Å²) in [7, 11) is 0. The summed E-state index contributed by atoms with van der Waals surface area (Å²) in [4.78, 5) is 19.7. The van der Waals surface area contributed by atoms with Gasteiger partial charge in [-0.05, 0) is 31.2 Å². The molecule has 2 aromatic heterocycles. The SMILES string of the molecule is CC(=O)c1cccnc1-c1ccccn1.I. The Bertz CT molecular complexity index is 485. The maximum Gasteiger partial charge on any atom is 0.162 e. The van der Waals surface area contributed by atoms with Gasteiger partial charge in [0.25, 0.3) is 0 Å². The maximum atomic E-state index is 11.4. The van der Waals surface area contributed by atoms with E-state index in [9.17, 15) is 4.79 Å². The Kier molecular flexibility index (Phi) is 4.54. The van der Waals surface area contributed by atoms with E-state index in [-0.39, 0.29) is 29.8 Å². The van der Waals surface area contributed by atoms with Gasteiger partial charge in [0.05, 0.1) is 11.4 Å². The van der Waals surface area contributed by atoms with E-state index in [2.05, 4.69) is 9.97 Å². The van der Waals surface area contributed by atoms with Gasteiger partial charge in [-0.15, -0.1) is 24.0 Å². The summed E-state index contributed by atoms with van der Waals surface area (Å²) in [5, 5.41) is 0. The largest absolute Gasteiger partial charge is 0.294 e. The third kappa shape index (κ3) is 2.63. The summed E-state index contributed by atoms with van der Waals surface area (Å²) in [6.07, 6.45) is 3.35. The van der Waals surface area contributed by atoms with Gasteiger partial charge in [-0.1, -0.05) is 6.07 Å². The summed E-state index contributed by atoms with van der Waals surface area (Å²) in [6, 6.07) is 9.07. The molecule has 0 atom stereocenters. The van der Waals surface area contributed by atoms with Crippen LogP contribution in [-0.2, 0) is 0 Å². The molecule has 0 saturated carbocycles. The second-order valence-electron chi connectivity index (χ2n) is 3.17. The van der Waals surface area contributed by atoms with E-state index in [0.29, 0.717) is 11.3 Å². The Hall–Kier alpha value is -1.30. The molecule has 0 aliphatic rings. The van der Waals surface area contributed by atoms with Crippen molar-refractivity contribution in [3.8, 4) is 11.4 Å². The van der Waals surface area contributed by atoms with E-state index in [1.165, 1.54) is 6.92 Å². The van der Waals surface area contributed by atoms with Crippen molar-refractivity contribution in [2.75, 3.05) is 0 Å². The van der Waals surface area contributed by atoms with Crippen molar-refractivity contribution in [1.82, 2.24) is 9.97 Å². The molecule has 0 bridgehead atoms. The molecule has 0 amide bonds. The topological polar surface area (TPSA) is 42.9 Å². The highest BCUT2D eigenvalue weighted by Gasteiger charge is 2.09. The first-order chi connectivity index (χ1) is 7.29. The minimum Gasteiger partial charge on any atom is -0.294 e. The molecule has 0 aromatic carbocycles.